The summed E-state index contributed by atoms with van der Waals surface area (Å²) >= 11 is 0. The maximum absolute atomic E-state index is 14.8. The molecule has 2 N–H and O–H groups in total. The summed E-state index contributed by atoms with van der Waals surface area (Å²) in [5.74, 6) is -1.48. The SMILES string of the molecule is COc1cc(F)c(OC2CCC(C)CC2)cc1C(=O)N[C@@H]1[C@H]2CC[C@H](C2)[C@@H]1C(=O)NCC1(C(F)(F)F)CC1. The molecule has 0 unspecified atom stereocenters. The molecular formula is C28H36F4N2O4. The highest BCUT2D eigenvalue weighted by molar-refractivity contribution is 5.98. The molecule has 0 heterocycles. The van der Waals surface area contributed by atoms with E-state index in [0.29, 0.717) is 5.92 Å². The van der Waals surface area contributed by atoms with Crippen molar-refractivity contribution in [3.05, 3.63) is 23.5 Å². The molecule has 6 nitrogen and oxygen atoms in total. The monoisotopic (exact) mass is 540 g/mol. The van der Waals surface area contributed by atoms with Crippen LogP contribution in [0.4, 0.5) is 17.6 Å². The molecule has 5 rings (SSSR count). The van der Waals surface area contributed by atoms with Gasteiger partial charge in [-0.15, -0.1) is 0 Å². The number of rotatable bonds is 8. The molecule has 38 heavy (non-hydrogen) atoms. The van der Waals surface area contributed by atoms with Crippen molar-refractivity contribution in [1.82, 2.24) is 10.6 Å². The zero-order chi connectivity index (χ0) is 27.2. The lowest BCUT2D eigenvalue weighted by molar-refractivity contribution is -0.185. The van der Waals surface area contributed by atoms with Crippen LogP contribution >= 0.6 is 0 Å². The number of carbonyl (C=O) groups excluding carboxylic acids is 2. The lowest BCUT2D eigenvalue weighted by Crippen LogP contribution is -2.51. The van der Waals surface area contributed by atoms with E-state index in [-0.39, 0.29) is 47.8 Å². The fourth-order valence-electron chi connectivity index (χ4n) is 6.69. The van der Waals surface area contributed by atoms with Gasteiger partial charge < -0.3 is 20.1 Å². The molecule has 0 aromatic heterocycles. The van der Waals surface area contributed by atoms with Gasteiger partial charge in [0, 0.05) is 18.7 Å². The number of fused-ring (bicyclic) bond motifs is 2. The van der Waals surface area contributed by atoms with Gasteiger partial charge in [-0.3, -0.25) is 9.59 Å². The highest BCUT2D eigenvalue weighted by Crippen LogP contribution is 2.57. The van der Waals surface area contributed by atoms with E-state index in [1.165, 1.54) is 13.2 Å². The number of alkyl halides is 3. The third-order valence-electron chi connectivity index (χ3n) is 9.33. The van der Waals surface area contributed by atoms with Gasteiger partial charge in [0.25, 0.3) is 5.91 Å². The van der Waals surface area contributed by atoms with E-state index in [9.17, 15) is 27.2 Å². The van der Waals surface area contributed by atoms with Crippen molar-refractivity contribution in [2.45, 2.75) is 83.0 Å². The van der Waals surface area contributed by atoms with E-state index in [4.69, 9.17) is 9.47 Å². The second-order valence-electron chi connectivity index (χ2n) is 11.8. The lowest BCUT2D eigenvalue weighted by atomic mass is 9.83. The Labute approximate surface area is 220 Å². The number of methoxy groups -OCH3 is 1. The first-order chi connectivity index (χ1) is 18.0. The molecule has 4 saturated carbocycles. The number of ether oxygens (including phenoxy) is 2. The first-order valence-corrected chi connectivity index (χ1v) is 13.7. The van der Waals surface area contributed by atoms with Crippen LogP contribution in [0, 0.1) is 34.9 Å². The van der Waals surface area contributed by atoms with Crippen LogP contribution in [-0.4, -0.2) is 43.8 Å². The summed E-state index contributed by atoms with van der Waals surface area (Å²) in [6.07, 6.45) is 1.54. The Hall–Kier alpha value is -2.52. The number of hydrogen-bond acceptors (Lipinski definition) is 4. The van der Waals surface area contributed by atoms with Gasteiger partial charge in [0.15, 0.2) is 11.6 Å². The average molecular weight is 541 g/mol. The molecule has 2 amide bonds. The molecule has 210 valence electrons. The van der Waals surface area contributed by atoms with E-state index >= 15 is 0 Å². The highest BCUT2D eigenvalue weighted by Gasteiger charge is 2.63. The van der Waals surface area contributed by atoms with Crippen LogP contribution in [0.1, 0.15) is 75.1 Å². The van der Waals surface area contributed by atoms with Crippen LogP contribution in [-0.2, 0) is 4.79 Å². The molecule has 2 bridgehead atoms. The number of halogens is 4. The molecule has 0 aliphatic heterocycles. The van der Waals surface area contributed by atoms with Gasteiger partial charge in [-0.05, 0) is 81.6 Å². The first-order valence-electron chi connectivity index (χ1n) is 13.7. The topological polar surface area (TPSA) is 76.7 Å². The standard InChI is InChI=1S/C28H36F4N2O4/c1-15-3-7-18(8-4-15)38-22-12-19(21(37-2)13-20(22)29)25(35)34-24-17-6-5-16(11-17)23(24)26(36)33-14-27(9-10-27)28(30,31)32/h12-13,15-18,23-24H,3-11,14H2,1-2H3,(H,33,36)(H,34,35)/t15?,16-,17+,18?,23+,24-/m1/s1. The molecule has 1 aromatic carbocycles. The quantitative estimate of drug-likeness (QED) is 0.434. The Morgan fingerprint density at radius 3 is 2.34 bits per heavy atom. The molecule has 4 aliphatic carbocycles. The molecule has 10 heteroatoms. The molecule has 4 fully saturated rings. The summed E-state index contributed by atoms with van der Waals surface area (Å²) in [5.41, 5.74) is -1.73. The third kappa shape index (κ3) is 5.19. The van der Waals surface area contributed by atoms with Gasteiger partial charge >= 0.3 is 6.18 Å². The average Bonchev–Trinajstić information content (AvgIpc) is 3.43. The number of amides is 2. The van der Waals surface area contributed by atoms with E-state index in [2.05, 4.69) is 17.6 Å². The Morgan fingerprint density at radius 1 is 1.03 bits per heavy atom. The fraction of sp³-hybridized carbons (Fsp3) is 0.714. The molecular weight excluding hydrogens is 504 g/mol. The van der Waals surface area contributed by atoms with E-state index in [0.717, 1.165) is 51.0 Å². The van der Waals surface area contributed by atoms with Crippen LogP contribution in [0.2, 0.25) is 0 Å². The Kier molecular flexibility index (Phi) is 7.28. The number of benzene rings is 1. The first kappa shape index (κ1) is 27.1. The van der Waals surface area contributed by atoms with Crippen molar-refractivity contribution in [3.8, 4) is 11.5 Å². The Bertz CT molecular complexity index is 1070. The number of carbonyl (C=O) groups is 2. The summed E-state index contributed by atoms with van der Waals surface area (Å²) in [6, 6.07) is 1.97. The predicted molar refractivity (Wildman–Crippen MR) is 131 cm³/mol. The van der Waals surface area contributed by atoms with Crippen LogP contribution in [0.25, 0.3) is 0 Å². The van der Waals surface area contributed by atoms with E-state index in [1.54, 1.807) is 0 Å². The summed E-state index contributed by atoms with van der Waals surface area (Å²) in [5, 5.41) is 5.50. The van der Waals surface area contributed by atoms with Gasteiger partial charge in [0.05, 0.1) is 30.1 Å². The number of nitrogens with one attached hydrogen (secondary N) is 2. The van der Waals surface area contributed by atoms with Crippen LogP contribution in [0.3, 0.4) is 0 Å². The maximum Gasteiger partial charge on any atom is 0.396 e. The minimum Gasteiger partial charge on any atom is -0.496 e. The van der Waals surface area contributed by atoms with E-state index < -0.39 is 47.7 Å². The molecule has 0 spiro atoms. The van der Waals surface area contributed by atoms with Crippen molar-refractivity contribution in [3.63, 3.8) is 0 Å². The molecule has 1 aromatic rings. The minimum atomic E-state index is -4.35. The van der Waals surface area contributed by atoms with Crippen LogP contribution in [0.15, 0.2) is 12.1 Å². The largest absolute Gasteiger partial charge is 0.496 e. The smallest absolute Gasteiger partial charge is 0.396 e. The summed E-state index contributed by atoms with van der Waals surface area (Å²) in [6.45, 7) is 1.74. The second kappa shape index (κ2) is 10.2. The minimum absolute atomic E-state index is 0.00837. The maximum atomic E-state index is 14.8. The van der Waals surface area contributed by atoms with Crippen LogP contribution < -0.4 is 20.1 Å². The highest BCUT2D eigenvalue weighted by atomic mass is 19.4. The van der Waals surface area contributed by atoms with Crippen molar-refractivity contribution >= 4 is 11.8 Å². The van der Waals surface area contributed by atoms with Gasteiger partial charge in [0.2, 0.25) is 5.91 Å². The number of hydrogen-bond donors (Lipinski definition) is 2. The summed E-state index contributed by atoms with van der Waals surface area (Å²) < 4.78 is 66.1. The van der Waals surface area contributed by atoms with Crippen molar-refractivity contribution in [2.24, 2.45) is 29.1 Å². The van der Waals surface area contributed by atoms with Gasteiger partial charge in [0.1, 0.15) is 5.75 Å². The Balaban J connectivity index is 1.29. The zero-order valence-electron chi connectivity index (χ0n) is 21.8. The van der Waals surface area contributed by atoms with Gasteiger partial charge in [-0.25, -0.2) is 4.39 Å². The normalized spacial score (nSPS) is 31.5. The summed E-state index contributed by atoms with van der Waals surface area (Å²) in [4.78, 5) is 26.5. The lowest BCUT2D eigenvalue weighted by Gasteiger charge is -2.32. The van der Waals surface area contributed by atoms with E-state index in [1.807, 2.05) is 0 Å². The molecule has 0 saturated heterocycles. The predicted octanol–water partition coefficient (Wildman–Crippen LogP) is 5.40. The fourth-order valence-corrected chi connectivity index (χ4v) is 6.69. The zero-order valence-corrected chi connectivity index (χ0v) is 21.8. The van der Waals surface area contributed by atoms with Gasteiger partial charge in [-0.1, -0.05) is 6.92 Å². The molecule has 4 atom stereocenters. The van der Waals surface area contributed by atoms with Crippen molar-refractivity contribution < 1.29 is 36.6 Å². The second-order valence-corrected chi connectivity index (χ2v) is 11.8. The summed E-state index contributed by atoms with van der Waals surface area (Å²) in [7, 11) is 1.34. The molecule has 0 radical (unpaired) electrons. The third-order valence-corrected chi connectivity index (χ3v) is 9.33. The van der Waals surface area contributed by atoms with Gasteiger partial charge in [-0.2, -0.15) is 13.2 Å². The van der Waals surface area contributed by atoms with Crippen LogP contribution in [0.5, 0.6) is 11.5 Å². The Morgan fingerprint density at radius 2 is 1.71 bits per heavy atom. The molecule has 4 aliphatic rings. The van der Waals surface area contributed by atoms with Crippen molar-refractivity contribution in [2.75, 3.05) is 13.7 Å². The van der Waals surface area contributed by atoms with Crippen molar-refractivity contribution in [1.29, 1.82) is 0 Å².